The lowest BCUT2D eigenvalue weighted by molar-refractivity contribution is -0.145. The van der Waals surface area contributed by atoms with Crippen molar-refractivity contribution in [1.82, 2.24) is 20.0 Å². The SMILES string of the molecule is CN=C(NCc1ccccc1-n1cccn1)N1CC(C)C(C(=O)OC)C1.I. The Morgan fingerprint density at radius 3 is 2.78 bits per heavy atom. The molecule has 2 unspecified atom stereocenters. The van der Waals surface area contributed by atoms with Crippen molar-refractivity contribution < 1.29 is 9.53 Å². The monoisotopic (exact) mass is 483 g/mol. The molecule has 1 aliphatic rings. The molecule has 146 valence electrons. The van der Waals surface area contributed by atoms with E-state index in [1.165, 1.54) is 7.11 Å². The second kappa shape index (κ2) is 9.72. The lowest BCUT2D eigenvalue weighted by Gasteiger charge is -2.22. The Morgan fingerprint density at radius 2 is 2.11 bits per heavy atom. The highest BCUT2D eigenvalue weighted by Gasteiger charge is 2.36. The van der Waals surface area contributed by atoms with Crippen LogP contribution in [0.25, 0.3) is 5.69 Å². The molecule has 1 aromatic heterocycles. The van der Waals surface area contributed by atoms with Crippen LogP contribution in [-0.2, 0) is 16.1 Å². The molecular formula is C19H26IN5O2. The van der Waals surface area contributed by atoms with Crippen LogP contribution in [-0.4, -0.2) is 53.9 Å². The molecule has 2 aromatic rings. The fourth-order valence-corrected chi connectivity index (χ4v) is 3.40. The number of aliphatic imine (C=N–C) groups is 1. The van der Waals surface area contributed by atoms with Crippen LogP contribution in [0.2, 0.25) is 0 Å². The first kappa shape index (κ1) is 21.2. The number of para-hydroxylation sites is 1. The van der Waals surface area contributed by atoms with Crippen LogP contribution in [0.5, 0.6) is 0 Å². The molecule has 1 aliphatic heterocycles. The molecule has 0 aliphatic carbocycles. The Morgan fingerprint density at radius 1 is 1.33 bits per heavy atom. The van der Waals surface area contributed by atoms with Crippen LogP contribution in [0, 0.1) is 11.8 Å². The number of nitrogens with zero attached hydrogens (tertiary/aromatic N) is 4. The second-order valence-corrected chi connectivity index (χ2v) is 6.49. The summed E-state index contributed by atoms with van der Waals surface area (Å²) >= 11 is 0. The van der Waals surface area contributed by atoms with Gasteiger partial charge in [-0.05, 0) is 23.6 Å². The maximum absolute atomic E-state index is 11.9. The number of carbonyl (C=O) groups is 1. The van der Waals surface area contributed by atoms with Gasteiger partial charge in [0.1, 0.15) is 0 Å². The highest BCUT2D eigenvalue weighted by molar-refractivity contribution is 14.0. The van der Waals surface area contributed by atoms with Crippen molar-refractivity contribution in [2.45, 2.75) is 13.5 Å². The van der Waals surface area contributed by atoms with Crippen LogP contribution in [0.4, 0.5) is 0 Å². The zero-order valence-electron chi connectivity index (χ0n) is 15.8. The molecule has 2 heterocycles. The number of carbonyl (C=O) groups excluding carboxylic acids is 1. The summed E-state index contributed by atoms with van der Waals surface area (Å²) in [6, 6.07) is 10.0. The van der Waals surface area contributed by atoms with Crippen LogP contribution in [0.15, 0.2) is 47.7 Å². The first-order chi connectivity index (χ1) is 12.6. The number of likely N-dealkylation sites (tertiary alicyclic amines) is 1. The largest absolute Gasteiger partial charge is 0.469 e. The summed E-state index contributed by atoms with van der Waals surface area (Å²) in [5, 5.41) is 7.73. The van der Waals surface area contributed by atoms with Gasteiger partial charge in [0.15, 0.2) is 5.96 Å². The summed E-state index contributed by atoms with van der Waals surface area (Å²) in [5.41, 5.74) is 2.15. The number of esters is 1. The molecule has 0 radical (unpaired) electrons. The average molecular weight is 483 g/mol. The fourth-order valence-electron chi connectivity index (χ4n) is 3.40. The fraction of sp³-hybridized carbons (Fsp3) is 0.421. The summed E-state index contributed by atoms with van der Waals surface area (Å²) in [5.74, 6) is 0.755. The van der Waals surface area contributed by atoms with E-state index >= 15 is 0 Å². The van der Waals surface area contributed by atoms with E-state index in [0.717, 1.165) is 23.8 Å². The molecule has 2 atom stereocenters. The second-order valence-electron chi connectivity index (χ2n) is 6.49. The van der Waals surface area contributed by atoms with Gasteiger partial charge in [-0.1, -0.05) is 25.1 Å². The Balaban J connectivity index is 0.00000261. The molecule has 3 rings (SSSR count). The van der Waals surface area contributed by atoms with Crippen LogP contribution < -0.4 is 5.32 Å². The lowest BCUT2D eigenvalue weighted by Crippen LogP contribution is -2.40. The summed E-state index contributed by atoms with van der Waals surface area (Å²) in [6.45, 7) is 4.09. The molecule has 7 nitrogen and oxygen atoms in total. The third kappa shape index (κ3) is 4.79. The number of guanidine groups is 1. The van der Waals surface area contributed by atoms with E-state index in [0.29, 0.717) is 13.1 Å². The molecule has 0 amide bonds. The van der Waals surface area contributed by atoms with Crippen molar-refractivity contribution >= 4 is 35.9 Å². The first-order valence-electron chi connectivity index (χ1n) is 8.75. The molecule has 0 saturated carbocycles. The third-order valence-corrected chi connectivity index (χ3v) is 4.81. The number of methoxy groups -OCH3 is 1. The van der Waals surface area contributed by atoms with Gasteiger partial charge in [-0.25, -0.2) is 4.68 Å². The number of hydrogen-bond acceptors (Lipinski definition) is 4. The van der Waals surface area contributed by atoms with Crippen molar-refractivity contribution in [2.75, 3.05) is 27.2 Å². The zero-order valence-corrected chi connectivity index (χ0v) is 18.2. The van der Waals surface area contributed by atoms with E-state index in [4.69, 9.17) is 4.74 Å². The summed E-state index contributed by atoms with van der Waals surface area (Å²) in [7, 11) is 3.20. The Labute approximate surface area is 176 Å². The number of halogens is 1. The number of ether oxygens (including phenoxy) is 1. The number of benzene rings is 1. The summed E-state index contributed by atoms with van der Waals surface area (Å²) in [4.78, 5) is 18.4. The standard InChI is InChI=1S/C19H25N5O2.HI/c1-14-12-23(13-16(14)18(25)26-3)19(20-2)21-11-15-7-4-5-8-17(15)24-10-6-9-22-24;/h4-10,14,16H,11-13H2,1-3H3,(H,20,21);1H. The van der Waals surface area contributed by atoms with E-state index in [1.807, 2.05) is 35.1 Å². The number of rotatable bonds is 4. The van der Waals surface area contributed by atoms with Gasteiger partial charge in [0.05, 0.1) is 18.7 Å². The van der Waals surface area contributed by atoms with E-state index in [9.17, 15) is 4.79 Å². The number of aromatic nitrogens is 2. The van der Waals surface area contributed by atoms with E-state index in [-0.39, 0.29) is 41.8 Å². The molecule has 27 heavy (non-hydrogen) atoms. The van der Waals surface area contributed by atoms with Gasteiger partial charge in [-0.2, -0.15) is 5.10 Å². The van der Waals surface area contributed by atoms with E-state index < -0.39 is 0 Å². The molecule has 1 fully saturated rings. The highest BCUT2D eigenvalue weighted by Crippen LogP contribution is 2.24. The van der Waals surface area contributed by atoms with Crippen LogP contribution in [0.1, 0.15) is 12.5 Å². The van der Waals surface area contributed by atoms with Crippen molar-refractivity contribution in [2.24, 2.45) is 16.8 Å². The molecule has 8 heteroatoms. The van der Waals surface area contributed by atoms with Crippen molar-refractivity contribution in [3.8, 4) is 5.69 Å². The Kier molecular flexibility index (Phi) is 7.64. The lowest BCUT2D eigenvalue weighted by atomic mass is 9.99. The zero-order chi connectivity index (χ0) is 18.5. The number of hydrogen-bond donors (Lipinski definition) is 1. The number of nitrogens with one attached hydrogen (secondary N) is 1. The maximum Gasteiger partial charge on any atom is 0.310 e. The quantitative estimate of drug-likeness (QED) is 0.313. The van der Waals surface area contributed by atoms with Crippen LogP contribution >= 0.6 is 24.0 Å². The van der Waals surface area contributed by atoms with Gasteiger partial charge in [0.25, 0.3) is 0 Å². The molecule has 0 spiro atoms. The first-order valence-corrected chi connectivity index (χ1v) is 8.75. The average Bonchev–Trinajstić information content (AvgIpc) is 3.32. The van der Waals surface area contributed by atoms with Gasteiger partial charge in [0.2, 0.25) is 0 Å². The Hall–Kier alpha value is -2.10. The summed E-state index contributed by atoms with van der Waals surface area (Å²) < 4.78 is 6.77. The predicted molar refractivity (Wildman–Crippen MR) is 115 cm³/mol. The van der Waals surface area contributed by atoms with Crippen molar-refractivity contribution in [3.05, 3.63) is 48.3 Å². The highest BCUT2D eigenvalue weighted by atomic mass is 127. The van der Waals surface area contributed by atoms with Crippen LogP contribution in [0.3, 0.4) is 0 Å². The summed E-state index contributed by atoms with van der Waals surface area (Å²) in [6.07, 6.45) is 3.69. The minimum absolute atomic E-state index is 0. The normalized spacial score (nSPS) is 19.5. The predicted octanol–water partition coefficient (Wildman–Crippen LogP) is 2.31. The topological polar surface area (TPSA) is 71.8 Å². The maximum atomic E-state index is 11.9. The van der Waals surface area contributed by atoms with E-state index in [1.54, 1.807) is 13.2 Å². The third-order valence-electron chi connectivity index (χ3n) is 4.81. The van der Waals surface area contributed by atoms with Gasteiger partial charge >= 0.3 is 5.97 Å². The van der Waals surface area contributed by atoms with Crippen molar-refractivity contribution in [1.29, 1.82) is 0 Å². The van der Waals surface area contributed by atoms with Gasteiger partial charge < -0.3 is 15.0 Å². The molecule has 0 bridgehead atoms. The van der Waals surface area contributed by atoms with Gasteiger partial charge in [0, 0.05) is 39.1 Å². The van der Waals surface area contributed by atoms with Gasteiger partial charge in [-0.3, -0.25) is 9.79 Å². The van der Waals surface area contributed by atoms with Gasteiger partial charge in [-0.15, -0.1) is 24.0 Å². The molecule has 1 saturated heterocycles. The molecule has 1 aromatic carbocycles. The molecular weight excluding hydrogens is 457 g/mol. The minimum Gasteiger partial charge on any atom is -0.469 e. The van der Waals surface area contributed by atoms with E-state index in [2.05, 4.69) is 33.3 Å². The van der Waals surface area contributed by atoms with Crippen molar-refractivity contribution in [3.63, 3.8) is 0 Å². The molecule has 1 N–H and O–H groups in total. The minimum atomic E-state index is -0.153. The smallest absolute Gasteiger partial charge is 0.310 e. The Bertz CT molecular complexity index is 778.